The van der Waals surface area contributed by atoms with Crippen LogP contribution in [0.2, 0.25) is 0 Å². The van der Waals surface area contributed by atoms with Gasteiger partial charge in [-0.1, -0.05) is 19.1 Å². The van der Waals surface area contributed by atoms with Crippen LogP contribution in [0.25, 0.3) is 0 Å². The highest BCUT2D eigenvalue weighted by molar-refractivity contribution is 9.10. The lowest BCUT2D eigenvalue weighted by Crippen LogP contribution is -1.86. The van der Waals surface area contributed by atoms with Crippen LogP contribution in [-0.4, -0.2) is 5.75 Å². The van der Waals surface area contributed by atoms with Crippen molar-refractivity contribution in [3.05, 3.63) is 34.1 Å². The fourth-order valence-corrected chi connectivity index (χ4v) is 2.13. The SMILES string of the molecule is CCSCc1cccc(F)c1Br. The number of hydrogen-bond acceptors (Lipinski definition) is 1. The average Bonchev–Trinajstić information content (AvgIpc) is 2.08. The topological polar surface area (TPSA) is 0 Å². The summed E-state index contributed by atoms with van der Waals surface area (Å²) in [6.45, 7) is 2.10. The molecule has 0 N–H and O–H groups in total. The Kier molecular flexibility index (Phi) is 4.09. The van der Waals surface area contributed by atoms with Crippen molar-refractivity contribution in [3.8, 4) is 0 Å². The minimum atomic E-state index is -0.177. The van der Waals surface area contributed by atoms with Gasteiger partial charge in [0.2, 0.25) is 0 Å². The van der Waals surface area contributed by atoms with Crippen molar-refractivity contribution in [1.82, 2.24) is 0 Å². The largest absolute Gasteiger partial charge is 0.206 e. The molecule has 0 saturated heterocycles. The molecule has 1 rings (SSSR count). The first-order valence-corrected chi connectivity index (χ1v) is 5.71. The molecule has 0 aliphatic carbocycles. The maximum Gasteiger partial charge on any atom is 0.137 e. The average molecular weight is 249 g/mol. The van der Waals surface area contributed by atoms with Gasteiger partial charge in [0.1, 0.15) is 5.82 Å². The van der Waals surface area contributed by atoms with Crippen LogP contribution in [0.4, 0.5) is 4.39 Å². The second-order valence-electron chi connectivity index (χ2n) is 2.35. The molecule has 66 valence electrons. The fraction of sp³-hybridized carbons (Fsp3) is 0.333. The Labute approximate surface area is 84.7 Å². The summed E-state index contributed by atoms with van der Waals surface area (Å²) in [6, 6.07) is 5.14. The summed E-state index contributed by atoms with van der Waals surface area (Å²) in [5.41, 5.74) is 1.03. The Morgan fingerprint density at radius 1 is 1.50 bits per heavy atom. The van der Waals surface area contributed by atoms with Gasteiger partial charge in [-0.2, -0.15) is 11.8 Å². The summed E-state index contributed by atoms with van der Waals surface area (Å²) < 4.78 is 13.6. The minimum Gasteiger partial charge on any atom is -0.206 e. The molecular formula is C9H10BrFS. The van der Waals surface area contributed by atoms with Crippen LogP contribution < -0.4 is 0 Å². The van der Waals surface area contributed by atoms with Crippen molar-refractivity contribution in [2.45, 2.75) is 12.7 Å². The zero-order valence-electron chi connectivity index (χ0n) is 6.81. The third-order valence-electron chi connectivity index (χ3n) is 1.49. The Bertz CT molecular complexity index is 263. The van der Waals surface area contributed by atoms with E-state index in [1.165, 1.54) is 6.07 Å². The summed E-state index contributed by atoms with van der Waals surface area (Å²) in [5, 5.41) is 0. The van der Waals surface area contributed by atoms with Gasteiger partial charge in [-0.25, -0.2) is 4.39 Å². The Morgan fingerprint density at radius 2 is 2.25 bits per heavy atom. The van der Waals surface area contributed by atoms with Gasteiger partial charge < -0.3 is 0 Å². The molecule has 0 aliphatic rings. The normalized spacial score (nSPS) is 10.2. The van der Waals surface area contributed by atoms with Gasteiger partial charge in [0.25, 0.3) is 0 Å². The molecule has 3 heteroatoms. The molecule has 0 nitrogen and oxygen atoms in total. The van der Waals surface area contributed by atoms with Crippen LogP contribution >= 0.6 is 27.7 Å². The maximum atomic E-state index is 13.0. The van der Waals surface area contributed by atoms with Crippen LogP contribution in [0.15, 0.2) is 22.7 Å². The third-order valence-corrected chi connectivity index (χ3v) is 3.30. The standard InChI is InChI=1S/C9H10BrFS/c1-2-12-6-7-4-3-5-8(11)9(7)10/h3-5H,2,6H2,1H3. The highest BCUT2D eigenvalue weighted by Crippen LogP contribution is 2.23. The first-order valence-electron chi connectivity index (χ1n) is 3.76. The summed E-state index contributed by atoms with van der Waals surface area (Å²) in [7, 11) is 0. The molecule has 0 unspecified atom stereocenters. The summed E-state index contributed by atoms with van der Waals surface area (Å²) >= 11 is 5.01. The molecule has 0 fully saturated rings. The maximum absolute atomic E-state index is 13.0. The van der Waals surface area contributed by atoms with E-state index in [0.717, 1.165) is 17.1 Å². The van der Waals surface area contributed by atoms with Crippen molar-refractivity contribution >= 4 is 27.7 Å². The van der Waals surface area contributed by atoms with Crippen molar-refractivity contribution < 1.29 is 4.39 Å². The van der Waals surface area contributed by atoms with E-state index >= 15 is 0 Å². The fourth-order valence-electron chi connectivity index (χ4n) is 0.872. The van der Waals surface area contributed by atoms with Gasteiger partial charge in [-0.3, -0.25) is 0 Å². The van der Waals surface area contributed by atoms with Gasteiger partial charge in [0, 0.05) is 5.75 Å². The molecule has 12 heavy (non-hydrogen) atoms. The first-order chi connectivity index (χ1) is 5.75. The number of hydrogen-bond donors (Lipinski definition) is 0. The molecule has 0 bridgehead atoms. The molecule has 0 spiro atoms. The van der Waals surface area contributed by atoms with Gasteiger partial charge in [0.15, 0.2) is 0 Å². The summed E-state index contributed by atoms with van der Waals surface area (Å²) in [5.74, 6) is 1.75. The Hall–Kier alpha value is -0.0200. The van der Waals surface area contributed by atoms with Crippen LogP contribution in [0.5, 0.6) is 0 Å². The van der Waals surface area contributed by atoms with Gasteiger partial charge in [-0.05, 0) is 33.3 Å². The van der Waals surface area contributed by atoms with Gasteiger partial charge in [-0.15, -0.1) is 0 Å². The number of thioether (sulfide) groups is 1. The van der Waals surface area contributed by atoms with Crippen molar-refractivity contribution in [1.29, 1.82) is 0 Å². The number of benzene rings is 1. The van der Waals surface area contributed by atoms with Crippen LogP contribution in [0.1, 0.15) is 12.5 Å². The molecule has 1 aromatic carbocycles. The number of halogens is 2. The van der Waals surface area contributed by atoms with E-state index in [-0.39, 0.29) is 5.82 Å². The summed E-state index contributed by atoms with van der Waals surface area (Å²) in [6.07, 6.45) is 0. The van der Waals surface area contributed by atoms with E-state index < -0.39 is 0 Å². The quantitative estimate of drug-likeness (QED) is 0.784. The molecule has 0 amide bonds. The van der Waals surface area contributed by atoms with E-state index in [0.29, 0.717) is 4.47 Å². The smallest absolute Gasteiger partial charge is 0.137 e. The third kappa shape index (κ3) is 2.49. The van der Waals surface area contributed by atoms with Crippen molar-refractivity contribution in [3.63, 3.8) is 0 Å². The Morgan fingerprint density at radius 3 is 2.92 bits per heavy atom. The predicted octanol–water partition coefficient (Wildman–Crippen LogP) is 3.84. The highest BCUT2D eigenvalue weighted by Gasteiger charge is 2.03. The molecule has 0 aromatic heterocycles. The number of rotatable bonds is 3. The summed E-state index contributed by atoms with van der Waals surface area (Å²) in [4.78, 5) is 0. The predicted molar refractivity (Wildman–Crippen MR) is 55.9 cm³/mol. The molecule has 0 saturated carbocycles. The molecule has 1 aromatic rings. The molecule has 0 atom stereocenters. The van der Waals surface area contributed by atoms with E-state index in [4.69, 9.17) is 0 Å². The highest BCUT2D eigenvalue weighted by atomic mass is 79.9. The van der Waals surface area contributed by atoms with Crippen LogP contribution in [-0.2, 0) is 5.75 Å². The lowest BCUT2D eigenvalue weighted by molar-refractivity contribution is 0.619. The lowest BCUT2D eigenvalue weighted by atomic mass is 10.2. The van der Waals surface area contributed by atoms with Gasteiger partial charge in [0.05, 0.1) is 4.47 Å². The second-order valence-corrected chi connectivity index (χ2v) is 4.42. The second kappa shape index (κ2) is 4.87. The lowest BCUT2D eigenvalue weighted by Gasteiger charge is -2.03. The van der Waals surface area contributed by atoms with E-state index in [1.54, 1.807) is 17.8 Å². The molecule has 0 radical (unpaired) electrons. The zero-order valence-corrected chi connectivity index (χ0v) is 9.21. The van der Waals surface area contributed by atoms with Crippen molar-refractivity contribution in [2.75, 3.05) is 5.75 Å². The Balaban J connectivity index is 2.78. The van der Waals surface area contributed by atoms with E-state index in [1.807, 2.05) is 6.07 Å². The molecule has 0 heterocycles. The van der Waals surface area contributed by atoms with Crippen LogP contribution in [0, 0.1) is 5.82 Å². The minimum absolute atomic E-state index is 0.177. The van der Waals surface area contributed by atoms with Gasteiger partial charge >= 0.3 is 0 Å². The van der Waals surface area contributed by atoms with E-state index in [9.17, 15) is 4.39 Å². The van der Waals surface area contributed by atoms with Crippen LogP contribution in [0.3, 0.4) is 0 Å². The van der Waals surface area contributed by atoms with E-state index in [2.05, 4.69) is 22.9 Å². The molecule has 0 aliphatic heterocycles. The van der Waals surface area contributed by atoms with Crippen molar-refractivity contribution in [2.24, 2.45) is 0 Å². The first kappa shape index (κ1) is 10.1. The monoisotopic (exact) mass is 248 g/mol. The molecular weight excluding hydrogens is 239 g/mol. The zero-order chi connectivity index (χ0) is 8.97.